The standard InChI is InChI=1S/C14H19NO2/c1-17-14(16)13(11-7-3-2-4-8-11)12-9-5-6-10-15-12/h2-4,7-8,12-13,15H,5-6,9-10H2,1H3/p+1/t12-,13-/m1/s1. The third kappa shape index (κ3) is 2.86. The summed E-state index contributed by atoms with van der Waals surface area (Å²) in [7, 11) is 1.47. The molecule has 1 aliphatic heterocycles. The Bertz CT molecular complexity index is 358. The molecule has 0 amide bonds. The Morgan fingerprint density at radius 2 is 2.12 bits per heavy atom. The lowest BCUT2D eigenvalue weighted by Gasteiger charge is -2.26. The average Bonchev–Trinajstić information content (AvgIpc) is 2.41. The Labute approximate surface area is 102 Å². The van der Waals surface area contributed by atoms with E-state index in [0.717, 1.165) is 18.5 Å². The molecule has 0 aliphatic carbocycles. The highest BCUT2D eigenvalue weighted by molar-refractivity contribution is 5.78. The predicted octanol–water partition coefficient (Wildman–Crippen LogP) is 1.06. The van der Waals surface area contributed by atoms with E-state index in [1.807, 2.05) is 30.3 Å². The summed E-state index contributed by atoms with van der Waals surface area (Å²) < 4.78 is 4.96. The summed E-state index contributed by atoms with van der Waals surface area (Å²) >= 11 is 0. The van der Waals surface area contributed by atoms with Gasteiger partial charge in [0, 0.05) is 6.42 Å². The van der Waals surface area contributed by atoms with Crippen LogP contribution in [0.1, 0.15) is 30.7 Å². The van der Waals surface area contributed by atoms with E-state index >= 15 is 0 Å². The molecule has 2 N–H and O–H groups in total. The van der Waals surface area contributed by atoms with Crippen LogP contribution in [0.2, 0.25) is 0 Å². The fraction of sp³-hybridized carbons (Fsp3) is 0.500. The molecule has 1 aliphatic rings. The molecule has 0 spiro atoms. The topological polar surface area (TPSA) is 42.9 Å². The first-order chi connectivity index (χ1) is 8.33. The Kier molecular flexibility index (Phi) is 4.15. The van der Waals surface area contributed by atoms with Crippen molar-refractivity contribution in [1.29, 1.82) is 0 Å². The number of ether oxygens (including phenoxy) is 1. The van der Waals surface area contributed by atoms with Gasteiger partial charge in [-0.3, -0.25) is 4.79 Å². The molecular formula is C14H20NO2+. The summed E-state index contributed by atoms with van der Waals surface area (Å²) in [5.41, 5.74) is 1.07. The first-order valence-electron chi connectivity index (χ1n) is 6.29. The summed E-state index contributed by atoms with van der Waals surface area (Å²) in [6.07, 6.45) is 3.55. The van der Waals surface area contributed by atoms with Crippen LogP contribution < -0.4 is 5.32 Å². The molecule has 0 aromatic heterocycles. The number of carbonyl (C=O) groups excluding carboxylic acids is 1. The number of hydrogen-bond donors (Lipinski definition) is 1. The van der Waals surface area contributed by atoms with Gasteiger partial charge in [-0.1, -0.05) is 30.3 Å². The lowest BCUT2D eigenvalue weighted by atomic mass is 9.86. The number of methoxy groups -OCH3 is 1. The fourth-order valence-electron chi connectivity index (χ4n) is 2.62. The van der Waals surface area contributed by atoms with Gasteiger partial charge in [0.2, 0.25) is 0 Å². The largest absolute Gasteiger partial charge is 0.468 e. The quantitative estimate of drug-likeness (QED) is 0.795. The van der Waals surface area contributed by atoms with Crippen molar-refractivity contribution in [2.75, 3.05) is 13.7 Å². The van der Waals surface area contributed by atoms with Gasteiger partial charge in [0.15, 0.2) is 0 Å². The summed E-state index contributed by atoms with van der Waals surface area (Å²) in [4.78, 5) is 12.0. The first kappa shape index (κ1) is 12.1. The van der Waals surface area contributed by atoms with Gasteiger partial charge in [0.05, 0.1) is 13.7 Å². The maximum atomic E-state index is 12.0. The zero-order valence-corrected chi connectivity index (χ0v) is 10.3. The number of nitrogens with two attached hydrogens (primary N) is 1. The molecule has 1 aromatic rings. The van der Waals surface area contributed by atoms with E-state index in [2.05, 4.69) is 5.32 Å². The van der Waals surface area contributed by atoms with Crippen LogP contribution in [0.5, 0.6) is 0 Å². The Balaban J connectivity index is 2.21. The highest BCUT2D eigenvalue weighted by Crippen LogP contribution is 2.23. The molecule has 0 bridgehead atoms. The van der Waals surface area contributed by atoms with Crippen LogP contribution in [-0.4, -0.2) is 25.7 Å². The van der Waals surface area contributed by atoms with E-state index < -0.39 is 0 Å². The third-order valence-corrected chi connectivity index (χ3v) is 3.50. The van der Waals surface area contributed by atoms with E-state index in [1.54, 1.807) is 0 Å². The number of quaternary nitrogens is 1. The highest BCUT2D eigenvalue weighted by atomic mass is 16.5. The summed E-state index contributed by atoms with van der Waals surface area (Å²) in [5, 5.41) is 2.29. The van der Waals surface area contributed by atoms with Gasteiger partial charge in [-0.25, -0.2) is 0 Å². The van der Waals surface area contributed by atoms with Crippen LogP contribution in [0.3, 0.4) is 0 Å². The Morgan fingerprint density at radius 3 is 2.71 bits per heavy atom. The zero-order chi connectivity index (χ0) is 12.1. The minimum Gasteiger partial charge on any atom is -0.468 e. The zero-order valence-electron chi connectivity index (χ0n) is 10.3. The van der Waals surface area contributed by atoms with Crippen molar-refractivity contribution >= 4 is 5.97 Å². The highest BCUT2D eigenvalue weighted by Gasteiger charge is 2.34. The monoisotopic (exact) mass is 234 g/mol. The molecular weight excluding hydrogens is 214 g/mol. The van der Waals surface area contributed by atoms with Crippen LogP contribution in [0, 0.1) is 0 Å². The summed E-state index contributed by atoms with van der Waals surface area (Å²) in [5.74, 6) is -0.235. The lowest BCUT2D eigenvalue weighted by Crippen LogP contribution is -2.92. The van der Waals surface area contributed by atoms with Gasteiger partial charge in [-0.05, 0) is 18.4 Å². The van der Waals surface area contributed by atoms with Gasteiger partial charge >= 0.3 is 5.97 Å². The third-order valence-electron chi connectivity index (χ3n) is 3.50. The van der Waals surface area contributed by atoms with Crippen molar-refractivity contribution < 1.29 is 14.8 Å². The SMILES string of the molecule is COC(=O)[C@H](c1ccccc1)[C@H]1CCCC[NH2+]1. The normalized spacial score (nSPS) is 21.8. The van der Waals surface area contributed by atoms with Gasteiger partial charge in [-0.2, -0.15) is 0 Å². The molecule has 3 heteroatoms. The molecule has 0 unspecified atom stereocenters. The van der Waals surface area contributed by atoms with Crippen LogP contribution in [0.4, 0.5) is 0 Å². The molecule has 1 heterocycles. The molecule has 1 fully saturated rings. The van der Waals surface area contributed by atoms with Crippen molar-refractivity contribution in [3.05, 3.63) is 35.9 Å². The second-order valence-electron chi connectivity index (χ2n) is 4.60. The number of piperidine rings is 1. The molecule has 2 atom stereocenters. The van der Waals surface area contributed by atoms with Crippen LogP contribution >= 0.6 is 0 Å². The van der Waals surface area contributed by atoms with E-state index in [1.165, 1.54) is 20.0 Å². The number of benzene rings is 1. The van der Waals surface area contributed by atoms with E-state index in [-0.39, 0.29) is 11.9 Å². The maximum Gasteiger partial charge on any atom is 0.319 e. The lowest BCUT2D eigenvalue weighted by molar-refractivity contribution is -0.698. The molecule has 0 saturated carbocycles. The van der Waals surface area contributed by atoms with Gasteiger partial charge < -0.3 is 10.1 Å². The van der Waals surface area contributed by atoms with Crippen molar-refractivity contribution in [3.63, 3.8) is 0 Å². The van der Waals surface area contributed by atoms with Gasteiger partial charge in [0.25, 0.3) is 0 Å². The average molecular weight is 234 g/mol. The van der Waals surface area contributed by atoms with Crippen molar-refractivity contribution in [1.82, 2.24) is 0 Å². The number of esters is 1. The van der Waals surface area contributed by atoms with Gasteiger partial charge in [0.1, 0.15) is 12.0 Å². The van der Waals surface area contributed by atoms with E-state index in [0.29, 0.717) is 6.04 Å². The number of rotatable bonds is 3. The Hall–Kier alpha value is -1.35. The van der Waals surface area contributed by atoms with Crippen LogP contribution in [0.25, 0.3) is 0 Å². The predicted molar refractivity (Wildman–Crippen MR) is 65.6 cm³/mol. The van der Waals surface area contributed by atoms with Gasteiger partial charge in [-0.15, -0.1) is 0 Å². The van der Waals surface area contributed by atoms with E-state index in [9.17, 15) is 4.79 Å². The summed E-state index contributed by atoms with van der Waals surface area (Å²) in [6.45, 7) is 1.12. The summed E-state index contributed by atoms with van der Waals surface area (Å²) in [6, 6.07) is 10.3. The Morgan fingerprint density at radius 1 is 1.35 bits per heavy atom. The molecule has 1 saturated heterocycles. The number of hydrogen-bond acceptors (Lipinski definition) is 2. The first-order valence-corrected chi connectivity index (χ1v) is 6.29. The second-order valence-corrected chi connectivity index (χ2v) is 4.60. The fourth-order valence-corrected chi connectivity index (χ4v) is 2.62. The smallest absolute Gasteiger partial charge is 0.319 e. The molecule has 17 heavy (non-hydrogen) atoms. The number of carbonyl (C=O) groups is 1. The van der Waals surface area contributed by atoms with Crippen molar-refractivity contribution in [2.24, 2.45) is 0 Å². The molecule has 0 radical (unpaired) electrons. The van der Waals surface area contributed by atoms with E-state index in [4.69, 9.17) is 4.74 Å². The molecule has 2 rings (SSSR count). The van der Waals surface area contributed by atoms with Crippen LogP contribution in [-0.2, 0) is 9.53 Å². The maximum absolute atomic E-state index is 12.0. The molecule has 3 nitrogen and oxygen atoms in total. The van der Waals surface area contributed by atoms with Crippen molar-refractivity contribution in [2.45, 2.75) is 31.2 Å². The minimum absolute atomic E-state index is 0.112. The van der Waals surface area contributed by atoms with Crippen LogP contribution in [0.15, 0.2) is 30.3 Å². The second kappa shape index (κ2) is 5.82. The molecule has 1 aromatic carbocycles. The van der Waals surface area contributed by atoms with Crippen molar-refractivity contribution in [3.8, 4) is 0 Å². The minimum atomic E-state index is -0.124. The molecule has 92 valence electrons.